The predicted molar refractivity (Wildman–Crippen MR) is 46.5 cm³/mol. The Balaban J connectivity index is 2.45. The fraction of sp³-hybridized carbons (Fsp3) is 1.00. The number of rotatable bonds is 2. The number of aliphatic hydroxyl groups is 1. The molecule has 1 aliphatic heterocycles. The first-order chi connectivity index (χ1) is 5.17. The van der Waals surface area contributed by atoms with Crippen LogP contribution in [-0.4, -0.2) is 23.8 Å². The zero-order valence-corrected chi connectivity index (χ0v) is 7.56. The van der Waals surface area contributed by atoms with Crippen LogP contribution < -0.4 is 5.32 Å². The summed E-state index contributed by atoms with van der Waals surface area (Å²) in [5.74, 6) is 0.508. The van der Waals surface area contributed by atoms with E-state index in [1.807, 2.05) is 6.92 Å². The zero-order valence-electron chi connectivity index (χ0n) is 7.56. The van der Waals surface area contributed by atoms with Crippen LogP contribution in [0.5, 0.6) is 0 Å². The maximum absolute atomic E-state index is 9.90. The van der Waals surface area contributed by atoms with Crippen molar-refractivity contribution in [2.45, 2.75) is 38.7 Å². The summed E-state index contributed by atoms with van der Waals surface area (Å²) in [6.07, 6.45) is 3.47. The normalized spacial score (nSPS) is 39.0. The molecule has 0 aromatic heterocycles. The smallest absolute Gasteiger partial charge is 0.0772 e. The molecule has 0 spiro atoms. The molecule has 0 saturated carbocycles. The van der Waals surface area contributed by atoms with Crippen molar-refractivity contribution in [3.63, 3.8) is 0 Å². The number of hydrogen-bond donors (Lipinski definition) is 2. The van der Waals surface area contributed by atoms with Crippen molar-refractivity contribution in [1.82, 2.24) is 5.32 Å². The minimum atomic E-state index is -0.464. The van der Waals surface area contributed by atoms with Crippen molar-refractivity contribution in [3.8, 4) is 0 Å². The van der Waals surface area contributed by atoms with Gasteiger partial charge in [-0.25, -0.2) is 0 Å². The number of β-amino-alcohol motifs (C(OH)–C–C–N with tert-alkyl or cyclic N) is 1. The Hall–Kier alpha value is -0.0800. The monoisotopic (exact) mass is 157 g/mol. The van der Waals surface area contributed by atoms with Gasteiger partial charge in [0.05, 0.1) is 5.60 Å². The fourth-order valence-electron chi connectivity index (χ4n) is 1.88. The second-order valence-electron chi connectivity index (χ2n) is 3.81. The van der Waals surface area contributed by atoms with Crippen molar-refractivity contribution in [2.75, 3.05) is 13.1 Å². The van der Waals surface area contributed by atoms with E-state index in [0.717, 1.165) is 25.9 Å². The van der Waals surface area contributed by atoms with Gasteiger partial charge in [0.15, 0.2) is 0 Å². The summed E-state index contributed by atoms with van der Waals surface area (Å²) in [6, 6.07) is 0. The molecule has 0 amide bonds. The maximum atomic E-state index is 9.90. The lowest BCUT2D eigenvalue weighted by Gasteiger charge is -2.37. The van der Waals surface area contributed by atoms with E-state index in [2.05, 4.69) is 12.2 Å². The fourth-order valence-corrected chi connectivity index (χ4v) is 1.88. The topological polar surface area (TPSA) is 32.3 Å². The lowest BCUT2D eigenvalue weighted by Crippen LogP contribution is -2.49. The van der Waals surface area contributed by atoms with E-state index in [-0.39, 0.29) is 0 Å². The first kappa shape index (κ1) is 9.01. The highest BCUT2D eigenvalue weighted by Crippen LogP contribution is 2.27. The van der Waals surface area contributed by atoms with Crippen molar-refractivity contribution in [1.29, 1.82) is 0 Å². The van der Waals surface area contributed by atoms with Crippen LogP contribution in [0.2, 0.25) is 0 Å². The van der Waals surface area contributed by atoms with E-state index in [1.165, 1.54) is 6.42 Å². The van der Waals surface area contributed by atoms with Gasteiger partial charge in [0.1, 0.15) is 0 Å². The minimum absolute atomic E-state index is 0.464. The average Bonchev–Trinajstić information content (AvgIpc) is 1.94. The van der Waals surface area contributed by atoms with Crippen molar-refractivity contribution >= 4 is 0 Å². The molecule has 1 aliphatic rings. The Morgan fingerprint density at radius 1 is 1.64 bits per heavy atom. The van der Waals surface area contributed by atoms with E-state index in [1.54, 1.807) is 0 Å². The average molecular weight is 157 g/mol. The van der Waals surface area contributed by atoms with E-state index in [4.69, 9.17) is 0 Å². The van der Waals surface area contributed by atoms with Crippen LogP contribution in [0.3, 0.4) is 0 Å². The molecule has 2 unspecified atom stereocenters. The van der Waals surface area contributed by atoms with Gasteiger partial charge in [0, 0.05) is 6.54 Å². The predicted octanol–water partition coefficient (Wildman–Crippen LogP) is 1.15. The SMILES string of the molecule is CCCC1CCNCC1(C)O. The summed E-state index contributed by atoms with van der Waals surface area (Å²) >= 11 is 0. The van der Waals surface area contributed by atoms with Gasteiger partial charge in [-0.15, -0.1) is 0 Å². The van der Waals surface area contributed by atoms with Crippen molar-refractivity contribution in [3.05, 3.63) is 0 Å². The molecule has 1 rings (SSSR count). The third-order valence-corrected chi connectivity index (χ3v) is 2.67. The molecule has 2 N–H and O–H groups in total. The Morgan fingerprint density at radius 3 is 2.91 bits per heavy atom. The Labute approximate surface area is 69.0 Å². The highest BCUT2D eigenvalue weighted by molar-refractivity contribution is 4.88. The molecule has 0 bridgehead atoms. The first-order valence-electron chi connectivity index (χ1n) is 4.60. The van der Waals surface area contributed by atoms with Crippen molar-refractivity contribution < 1.29 is 5.11 Å². The van der Waals surface area contributed by atoms with Gasteiger partial charge in [-0.3, -0.25) is 0 Å². The van der Waals surface area contributed by atoms with Gasteiger partial charge in [-0.1, -0.05) is 13.3 Å². The van der Waals surface area contributed by atoms with Gasteiger partial charge in [-0.05, 0) is 32.2 Å². The molecule has 1 fully saturated rings. The molecule has 2 nitrogen and oxygen atoms in total. The zero-order chi connectivity index (χ0) is 8.32. The Bertz CT molecular complexity index is 121. The summed E-state index contributed by atoms with van der Waals surface area (Å²) in [5.41, 5.74) is -0.464. The number of piperidine rings is 1. The molecule has 0 aliphatic carbocycles. The van der Waals surface area contributed by atoms with Crippen LogP contribution in [0.4, 0.5) is 0 Å². The van der Waals surface area contributed by atoms with Gasteiger partial charge >= 0.3 is 0 Å². The molecule has 1 saturated heterocycles. The molecule has 0 aromatic carbocycles. The summed E-state index contributed by atoms with van der Waals surface area (Å²) < 4.78 is 0. The molecule has 0 aromatic rings. The van der Waals surface area contributed by atoms with Crippen molar-refractivity contribution in [2.24, 2.45) is 5.92 Å². The van der Waals surface area contributed by atoms with E-state index in [9.17, 15) is 5.11 Å². The minimum Gasteiger partial charge on any atom is -0.389 e. The van der Waals surface area contributed by atoms with E-state index >= 15 is 0 Å². The maximum Gasteiger partial charge on any atom is 0.0772 e. The second-order valence-corrected chi connectivity index (χ2v) is 3.81. The van der Waals surface area contributed by atoms with Crippen LogP contribution in [0.1, 0.15) is 33.1 Å². The summed E-state index contributed by atoms with van der Waals surface area (Å²) in [5, 5.41) is 13.1. The highest BCUT2D eigenvalue weighted by atomic mass is 16.3. The second kappa shape index (κ2) is 3.55. The molecular formula is C9H19NO. The molecule has 66 valence electrons. The molecule has 2 atom stereocenters. The Kier molecular flexibility index (Phi) is 2.90. The summed E-state index contributed by atoms with van der Waals surface area (Å²) in [4.78, 5) is 0. The molecule has 11 heavy (non-hydrogen) atoms. The largest absolute Gasteiger partial charge is 0.389 e. The van der Waals surface area contributed by atoms with Gasteiger partial charge in [-0.2, -0.15) is 0 Å². The van der Waals surface area contributed by atoms with Crippen LogP contribution in [0.15, 0.2) is 0 Å². The lowest BCUT2D eigenvalue weighted by atomic mass is 9.81. The van der Waals surface area contributed by atoms with Gasteiger partial charge in [0.2, 0.25) is 0 Å². The third kappa shape index (κ3) is 2.17. The van der Waals surface area contributed by atoms with Gasteiger partial charge < -0.3 is 10.4 Å². The molecular weight excluding hydrogens is 138 g/mol. The Morgan fingerprint density at radius 2 is 2.36 bits per heavy atom. The third-order valence-electron chi connectivity index (χ3n) is 2.67. The summed E-state index contributed by atoms with van der Waals surface area (Å²) in [6.45, 7) is 5.95. The molecule has 2 heteroatoms. The van der Waals surface area contributed by atoms with Gasteiger partial charge in [0.25, 0.3) is 0 Å². The first-order valence-corrected chi connectivity index (χ1v) is 4.60. The summed E-state index contributed by atoms with van der Waals surface area (Å²) in [7, 11) is 0. The van der Waals surface area contributed by atoms with E-state index in [0.29, 0.717) is 5.92 Å². The molecule has 1 heterocycles. The van der Waals surface area contributed by atoms with Crippen LogP contribution in [-0.2, 0) is 0 Å². The van der Waals surface area contributed by atoms with Crippen LogP contribution in [0.25, 0.3) is 0 Å². The van der Waals surface area contributed by atoms with Crippen LogP contribution in [0, 0.1) is 5.92 Å². The molecule has 0 radical (unpaired) electrons. The quantitative estimate of drug-likeness (QED) is 0.630. The highest BCUT2D eigenvalue weighted by Gasteiger charge is 2.33. The number of nitrogens with one attached hydrogen (secondary N) is 1. The lowest BCUT2D eigenvalue weighted by molar-refractivity contribution is -0.0230. The van der Waals surface area contributed by atoms with Crippen LogP contribution >= 0.6 is 0 Å². The number of hydrogen-bond acceptors (Lipinski definition) is 2. The van der Waals surface area contributed by atoms with E-state index < -0.39 is 5.60 Å². The standard InChI is InChI=1S/C9H19NO/c1-3-4-8-5-6-10-7-9(8,2)11/h8,10-11H,3-7H2,1-2H3.